The topological polar surface area (TPSA) is 35.2 Å². The summed E-state index contributed by atoms with van der Waals surface area (Å²) in [4.78, 5) is 0. The van der Waals surface area contributed by atoms with Gasteiger partial charge in [0.1, 0.15) is 5.75 Å². The van der Waals surface area contributed by atoms with Gasteiger partial charge < -0.3 is 10.5 Å². The average molecular weight is 374 g/mol. The van der Waals surface area contributed by atoms with E-state index < -0.39 is 0 Å². The summed E-state index contributed by atoms with van der Waals surface area (Å²) < 4.78 is 5.52. The largest absolute Gasteiger partial charge is 0.496 e. The van der Waals surface area contributed by atoms with Gasteiger partial charge in [-0.15, -0.1) is 12.4 Å². The van der Waals surface area contributed by atoms with Gasteiger partial charge in [0.2, 0.25) is 0 Å². The zero-order chi connectivity index (χ0) is 16.9. The molecule has 25 heavy (non-hydrogen) atoms. The quantitative estimate of drug-likeness (QED) is 0.641. The van der Waals surface area contributed by atoms with Crippen LogP contribution < -0.4 is 10.5 Å². The van der Waals surface area contributed by atoms with Gasteiger partial charge in [-0.3, -0.25) is 0 Å². The van der Waals surface area contributed by atoms with Gasteiger partial charge in [0.15, 0.2) is 0 Å². The lowest BCUT2D eigenvalue weighted by atomic mass is 9.98. The molecule has 0 amide bonds. The predicted molar refractivity (Wildman–Crippen MR) is 108 cm³/mol. The number of benzene rings is 3. The highest BCUT2D eigenvalue weighted by atomic mass is 35.5. The van der Waals surface area contributed by atoms with Crippen molar-refractivity contribution in [3.8, 4) is 16.9 Å². The Morgan fingerprint density at radius 3 is 2.20 bits per heavy atom. The van der Waals surface area contributed by atoms with Crippen LogP contribution in [0.3, 0.4) is 0 Å². The third kappa shape index (κ3) is 4.76. The summed E-state index contributed by atoms with van der Waals surface area (Å²) in [7, 11) is 1.69. The summed E-state index contributed by atoms with van der Waals surface area (Å²) in [6.45, 7) is 0.571. The summed E-state index contributed by atoms with van der Waals surface area (Å²) >= 11 is 6.14. The van der Waals surface area contributed by atoms with Crippen molar-refractivity contribution in [2.24, 2.45) is 5.73 Å². The fourth-order valence-corrected chi connectivity index (χ4v) is 2.97. The van der Waals surface area contributed by atoms with Crippen LogP contribution in [-0.2, 0) is 13.0 Å². The molecule has 0 unspecified atom stereocenters. The molecule has 130 valence electrons. The molecule has 0 spiro atoms. The number of hydrogen-bond acceptors (Lipinski definition) is 2. The van der Waals surface area contributed by atoms with E-state index in [9.17, 15) is 0 Å². The fraction of sp³-hybridized carbons (Fsp3) is 0.143. The molecule has 0 aliphatic heterocycles. The monoisotopic (exact) mass is 373 g/mol. The maximum absolute atomic E-state index is 6.14. The van der Waals surface area contributed by atoms with Gasteiger partial charge in [0.05, 0.1) is 7.11 Å². The van der Waals surface area contributed by atoms with Gasteiger partial charge in [-0.05, 0) is 52.9 Å². The van der Waals surface area contributed by atoms with E-state index in [-0.39, 0.29) is 12.4 Å². The molecule has 0 aromatic heterocycles. The first-order valence-corrected chi connectivity index (χ1v) is 8.28. The van der Waals surface area contributed by atoms with E-state index in [4.69, 9.17) is 22.1 Å². The summed E-state index contributed by atoms with van der Waals surface area (Å²) in [5.74, 6) is 0.847. The van der Waals surface area contributed by atoms with Gasteiger partial charge in [-0.1, -0.05) is 54.1 Å². The lowest BCUT2D eigenvalue weighted by molar-refractivity contribution is 0.416. The van der Waals surface area contributed by atoms with E-state index >= 15 is 0 Å². The number of halogens is 2. The number of hydrogen-bond donors (Lipinski definition) is 1. The Morgan fingerprint density at radius 2 is 1.56 bits per heavy atom. The van der Waals surface area contributed by atoms with Crippen molar-refractivity contribution in [3.63, 3.8) is 0 Å². The third-order valence-electron chi connectivity index (χ3n) is 4.07. The minimum Gasteiger partial charge on any atom is -0.496 e. The smallest absolute Gasteiger partial charge is 0.126 e. The van der Waals surface area contributed by atoms with Crippen LogP contribution in [-0.4, -0.2) is 7.11 Å². The lowest BCUT2D eigenvalue weighted by Crippen LogP contribution is -1.97. The summed E-state index contributed by atoms with van der Waals surface area (Å²) in [5, 5.41) is 0.720. The number of methoxy groups -OCH3 is 1. The zero-order valence-corrected chi connectivity index (χ0v) is 15.6. The Morgan fingerprint density at radius 1 is 0.880 bits per heavy atom. The Hall–Kier alpha value is -2.00. The van der Waals surface area contributed by atoms with Crippen molar-refractivity contribution in [3.05, 3.63) is 88.4 Å². The van der Waals surface area contributed by atoms with E-state index in [2.05, 4.69) is 36.4 Å². The first-order valence-electron chi connectivity index (χ1n) is 7.90. The fourth-order valence-electron chi connectivity index (χ4n) is 2.78. The first-order chi connectivity index (χ1) is 11.7. The van der Waals surface area contributed by atoms with Crippen molar-refractivity contribution in [2.45, 2.75) is 13.0 Å². The van der Waals surface area contributed by atoms with Crippen molar-refractivity contribution in [1.82, 2.24) is 0 Å². The number of rotatable bonds is 5. The summed E-state index contributed by atoms with van der Waals surface area (Å²) in [6.07, 6.45) is 0.864. The van der Waals surface area contributed by atoms with E-state index in [1.807, 2.05) is 30.3 Å². The van der Waals surface area contributed by atoms with Crippen LogP contribution >= 0.6 is 24.0 Å². The molecule has 0 atom stereocenters. The molecule has 4 heteroatoms. The minimum atomic E-state index is 0. The van der Waals surface area contributed by atoms with Crippen LogP contribution in [0.4, 0.5) is 0 Å². The highest BCUT2D eigenvalue weighted by molar-refractivity contribution is 6.30. The number of ether oxygens (including phenoxy) is 1. The average Bonchev–Trinajstić information content (AvgIpc) is 2.62. The van der Waals surface area contributed by atoms with E-state index in [1.54, 1.807) is 7.11 Å². The Bertz CT molecular complexity index is 832. The lowest BCUT2D eigenvalue weighted by Gasteiger charge is -2.12. The maximum atomic E-state index is 6.14. The van der Waals surface area contributed by atoms with Crippen molar-refractivity contribution in [2.75, 3.05) is 7.11 Å². The van der Waals surface area contributed by atoms with Crippen LogP contribution in [0.5, 0.6) is 5.75 Å². The SMILES string of the molecule is COc1ccc(Cc2ccc(CN)cc2)cc1-c1cccc(Cl)c1.Cl. The Labute approximate surface area is 160 Å². The molecule has 0 heterocycles. The third-order valence-corrected chi connectivity index (χ3v) is 4.30. The van der Waals surface area contributed by atoms with Crippen molar-refractivity contribution >= 4 is 24.0 Å². The highest BCUT2D eigenvalue weighted by Gasteiger charge is 2.08. The molecule has 0 aliphatic rings. The van der Waals surface area contributed by atoms with E-state index in [0.29, 0.717) is 6.54 Å². The van der Waals surface area contributed by atoms with Crippen LogP contribution in [0.1, 0.15) is 16.7 Å². The molecular formula is C21H21Cl2NO. The molecule has 0 saturated carbocycles. The maximum Gasteiger partial charge on any atom is 0.126 e. The van der Waals surface area contributed by atoms with E-state index in [1.165, 1.54) is 11.1 Å². The van der Waals surface area contributed by atoms with Crippen molar-refractivity contribution in [1.29, 1.82) is 0 Å². The minimum absolute atomic E-state index is 0. The highest BCUT2D eigenvalue weighted by Crippen LogP contribution is 2.32. The molecule has 0 saturated heterocycles. The molecule has 3 aromatic rings. The normalized spacial score (nSPS) is 10.2. The molecule has 0 fully saturated rings. The van der Waals surface area contributed by atoms with E-state index in [0.717, 1.165) is 33.9 Å². The molecule has 3 rings (SSSR count). The van der Waals surface area contributed by atoms with Gasteiger partial charge in [-0.25, -0.2) is 0 Å². The van der Waals surface area contributed by atoms with Gasteiger partial charge in [-0.2, -0.15) is 0 Å². The van der Waals surface area contributed by atoms with Crippen LogP contribution in [0.25, 0.3) is 11.1 Å². The standard InChI is InChI=1S/C21H20ClNO.ClH/c1-24-21-10-9-17(11-15-5-7-16(14-23)8-6-15)12-20(21)18-3-2-4-19(22)13-18;/h2-10,12-13H,11,14,23H2,1H3;1H. The second-order valence-electron chi connectivity index (χ2n) is 5.74. The molecule has 2 nitrogen and oxygen atoms in total. The molecule has 0 aliphatic carbocycles. The molecule has 2 N–H and O–H groups in total. The van der Waals surface area contributed by atoms with Crippen LogP contribution in [0.2, 0.25) is 5.02 Å². The van der Waals surface area contributed by atoms with Gasteiger partial charge >= 0.3 is 0 Å². The second-order valence-corrected chi connectivity index (χ2v) is 6.18. The van der Waals surface area contributed by atoms with Crippen LogP contribution in [0.15, 0.2) is 66.7 Å². The summed E-state index contributed by atoms with van der Waals surface area (Å²) in [6, 6.07) is 22.5. The molecule has 0 bridgehead atoms. The Balaban J connectivity index is 0.00000225. The van der Waals surface area contributed by atoms with Crippen molar-refractivity contribution < 1.29 is 4.74 Å². The Kier molecular flexibility index (Phi) is 6.89. The molecule has 0 radical (unpaired) electrons. The van der Waals surface area contributed by atoms with Crippen LogP contribution in [0, 0.1) is 0 Å². The summed E-state index contributed by atoms with van der Waals surface area (Å²) in [5.41, 5.74) is 11.4. The van der Waals surface area contributed by atoms with Gasteiger partial charge in [0, 0.05) is 17.1 Å². The van der Waals surface area contributed by atoms with Gasteiger partial charge in [0.25, 0.3) is 0 Å². The number of nitrogens with two attached hydrogens (primary N) is 1. The molecular weight excluding hydrogens is 353 g/mol. The predicted octanol–water partition coefficient (Wildman–Crippen LogP) is 5.49. The molecule has 3 aromatic carbocycles. The first kappa shape index (κ1) is 19.3. The second kappa shape index (κ2) is 8.91. The zero-order valence-electron chi connectivity index (χ0n) is 14.0.